The third-order valence-electron chi connectivity index (χ3n) is 3.24. The number of aryl methyl sites for hydroxylation is 1. The topological polar surface area (TPSA) is 33.2 Å². The van der Waals surface area contributed by atoms with Gasteiger partial charge in [-0.25, -0.2) is 0 Å². The molecule has 0 atom stereocenters. The number of carbonyl (C=O) groups excluding carboxylic acids is 1. The van der Waals surface area contributed by atoms with Crippen molar-refractivity contribution in [2.75, 3.05) is 18.4 Å². The van der Waals surface area contributed by atoms with Crippen molar-refractivity contribution < 1.29 is 4.79 Å². The fourth-order valence-corrected chi connectivity index (χ4v) is 2.79. The van der Waals surface area contributed by atoms with E-state index in [1.807, 2.05) is 17.9 Å². The van der Waals surface area contributed by atoms with E-state index in [9.17, 15) is 4.79 Å². The van der Waals surface area contributed by atoms with Crippen LogP contribution in [-0.2, 0) is 0 Å². The minimum atomic E-state index is 0.120. The summed E-state index contributed by atoms with van der Waals surface area (Å²) in [5.41, 5.74) is 1.74. The molecular formula is C13H17BrN2O. The molecule has 0 aromatic carbocycles. The molecule has 0 spiro atoms. The lowest BCUT2D eigenvalue weighted by atomic mass is 9.98. The second-order valence-corrected chi connectivity index (χ2v) is 5.29. The monoisotopic (exact) mass is 296 g/mol. The number of piperidine rings is 1. The van der Waals surface area contributed by atoms with Crippen LogP contribution in [0.5, 0.6) is 0 Å². The Labute approximate surface area is 110 Å². The first-order valence-corrected chi connectivity index (χ1v) is 7.09. The first-order chi connectivity index (χ1) is 8.20. The Bertz CT molecular complexity index is 400. The van der Waals surface area contributed by atoms with E-state index in [1.165, 1.54) is 0 Å². The molecule has 92 valence electrons. The van der Waals surface area contributed by atoms with E-state index in [0.717, 1.165) is 42.7 Å². The molecule has 1 fully saturated rings. The summed E-state index contributed by atoms with van der Waals surface area (Å²) in [5, 5.41) is 1.04. The normalized spacial score (nSPS) is 17.2. The highest BCUT2D eigenvalue weighted by atomic mass is 79.9. The highest BCUT2D eigenvalue weighted by Gasteiger charge is 2.23. The molecule has 1 aromatic rings. The fraction of sp³-hybridized carbons (Fsp3) is 0.538. The third-order valence-corrected chi connectivity index (χ3v) is 4.16. The molecule has 0 aliphatic carbocycles. The highest BCUT2D eigenvalue weighted by Crippen LogP contribution is 2.20. The standard InChI is InChI=1S/C13H17BrN2O/c1-10-6-12(9-15-8-10)13(17)16-4-2-11(7-14)3-5-16/h6,8-9,11H,2-5,7H2,1H3. The number of pyridine rings is 1. The predicted molar refractivity (Wildman–Crippen MR) is 71.4 cm³/mol. The van der Waals surface area contributed by atoms with E-state index >= 15 is 0 Å². The van der Waals surface area contributed by atoms with Crippen molar-refractivity contribution in [2.45, 2.75) is 19.8 Å². The van der Waals surface area contributed by atoms with Gasteiger partial charge in [0, 0.05) is 30.8 Å². The Morgan fingerprint density at radius 3 is 2.76 bits per heavy atom. The number of amides is 1. The molecule has 1 aliphatic rings. The molecule has 1 aliphatic heterocycles. The van der Waals surface area contributed by atoms with Crippen LogP contribution in [-0.4, -0.2) is 34.2 Å². The van der Waals surface area contributed by atoms with Gasteiger partial charge in [-0.2, -0.15) is 0 Å². The van der Waals surface area contributed by atoms with Gasteiger partial charge in [-0.1, -0.05) is 15.9 Å². The van der Waals surface area contributed by atoms with Gasteiger partial charge in [0.2, 0.25) is 0 Å². The summed E-state index contributed by atoms with van der Waals surface area (Å²) >= 11 is 3.51. The van der Waals surface area contributed by atoms with Gasteiger partial charge < -0.3 is 4.90 Å². The maximum absolute atomic E-state index is 12.2. The Morgan fingerprint density at radius 1 is 1.47 bits per heavy atom. The van der Waals surface area contributed by atoms with Gasteiger partial charge >= 0.3 is 0 Å². The molecular weight excluding hydrogens is 280 g/mol. The Morgan fingerprint density at radius 2 is 2.18 bits per heavy atom. The van der Waals surface area contributed by atoms with Crippen LogP contribution in [0, 0.1) is 12.8 Å². The number of halogens is 1. The first kappa shape index (κ1) is 12.6. The first-order valence-electron chi connectivity index (χ1n) is 5.97. The fourth-order valence-electron chi connectivity index (χ4n) is 2.14. The number of aromatic nitrogens is 1. The maximum atomic E-state index is 12.2. The number of hydrogen-bond acceptors (Lipinski definition) is 2. The quantitative estimate of drug-likeness (QED) is 0.786. The molecule has 17 heavy (non-hydrogen) atoms. The van der Waals surface area contributed by atoms with Crippen LogP contribution in [0.4, 0.5) is 0 Å². The van der Waals surface area contributed by atoms with Gasteiger partial charge in [0.05, 0.1) is 5.56 Å². The molecule has 0 bridgehead atoms. The van der Waals surface area contributed by atoms with Crippen LogP contribution in [0.25, 0.3) is 0 Å². The second-order valence-electron chi connectivity index (χ2n) is 4.64. The minimum absolute atomic E-state index is 0.120. The number of carbonyl (C=O) groups is 1. The molecule has 0 N–H and O–H groups in total. The minimum Gasteiger partial charge on any atom is -0.339 e. The van der Waals surface area contributed by atoms with Crippen molar-refractivity contribution in [3.8, 4) is 0 Å². The maximum Gasteiger partial charge on any atom is 0.255 e. The Balaban J connectivity index is 2.02. The van der Waals surface area contributed by atoms with Gasteiger partial charge in [-0.15, -0.1) is 0 Å². The molecule has 1 amide bonds. The zero-order chi connectivity index (χ0) is 12.3. The lowest BCUT2D eigenvalue weighted by Gasteiger charge is -2.31. The molecule has 1 aromatic heterocycles. The molecule has 0 unspecified atom stereocenters. The molecule has 0 radical (unpaired) electrons. The van der Waals surface area contributed by atoms with Crippen molar-refractivity contribution in [3.63, 3.8) is 0 Å². The second kappa shape index (κ2) is 5.63. The van der Waals surface area contributed by atoms with Crippen molar-refractivity contribution in [1.29, 1.82) is 0 Å². The Hall–Kier alpha value is -0.900. The van der Waals surface area contributed by atoms with Crippen LogP contribution in [0.15, 0.2) is 18.5 Å². The van der Waals surface area contributed by atoms with E-state index in [0.29, 0.717) is 5.56 Å². The van der Waals surface area contributed by atoms with Gasteiger partial charge in [0.25, 0.3) is 5.91 Å². The van der Waals surface area contributed by atoms with Crippen molar-refractivity contribution >= 4 is 21.8 Å². The van der Waals surface area contributed by atoms with Crippen LogP contribution in [0.3, 0.4) is 0 Å². The summed E-state index contributed by atoms with van der Waals surface area (Å²) in [7, 11) is 0. The lowest BCUT2D eigenvalue weighted by molar-refractivity contribution is 0.0698. The molecule has 2 heterocycles. The SMILES string of the molecule is Cc1cncc(C(=O)N2CCC(CBr)CC2)c1. The van der Waals surface area contributed by atoms with Crippen molar-refractivity contribution in [3.05, 3.63) is 29.6 Å². The molecule has 3 nitrogen and oxygen atoms in total. The molecule has 4 heteroatoms. The van der Waals surface area contributed by atoms with Crippen LogP contribution >= 0.6 is 15.9 Å². The number of likely N-dealkylation sites (tertiary alicyclic amines) is 1. The van der Waals surface area contributed by atoms with Gasteiger partial charge in [-0.3, -0.25) is 9.78 Å². The summed E-state index contributed by atoms with van der Waals surface area (Å²) < 4.78 is 0. The average molecular weight is 297 g/mol. The average Bonchev–Trinajstić information content (AvgIpc) is 2.38. The van der Waals surface area contributed by atoms with E-state index in [4.69, 9.17) is 0 Å². The zero-order valence-electron chi connectivity index (χ0n) is 10.0. The van der Waals surface area contributed by atoms with E-state index in [-0.39, 0.29) is 5.91 Å². The highest BCUT2D eigenvalue weighted by molar-refractivity contribution is 9.09. The third kappa shape index (κ3) is 3.06. The van der Waals surface area contributed by atoms with Crippen LogP contribution < -0.4 is 0 Å². The van der Waals surface area contributed by atoms with Gasteiger partial charge in [0.15, 0.2) is 0 Å². The number of alkyl halides is 1. The summed E-state index contributed by atoms with van der Waals surface area (Å²) in [4.78, 5) is 18.2. The largest absolute Gasteiger partial charge is 0.339 e. The number of nitrogens with zero attached hydrogens (tertiary/aromatic N) is 2. The van der Waals surface area contributed by atoms with E-state index in [2.05, 4.69) is 20.9 Å². The molecule has 2 rings (SSSR count). The summed E-state index contributed by atoms with van der Waals surface area (Å²) in [5.74, 6) is 0.837. The van der Waals surface area contributed by atoms with E-state index in [1.54, 1.807) is 12.4 Å². The smallest absolute Gasteiger partial charge is 0.255 e. The summed E-state index contributed by atoms with van der Waals surface area (Å²) in [6.45, 7) is 3.69. The van der Waals surface area contributed by atoms with Crippen LogP contribution in [0.2, 0.25) is 0 Å². The predicted octanol–water partition coefficient (Wildman–Crippen LogP) is 2.64. The zero-order valence-corrected chi connectivity index (χ0v) is 11.6. The Kier molecular flexibility index (Phi) is 4.15. The number of hydrogen-bond donors (Lipinski definition) is 0. The van der Waals surface area contributed by atoms with Crippen molar-refractivity contribution in [1.82, 2.24) is 9.88 Å². The summed E-state index contributed by atoms with van der Waals surface area (Å²) in [6, 6.07) is 1.91. The molecule has 1 saturated heterocycles. The molecule has 0 saturated carbocycles. The van der Waals surface area contributed by atoms with E-state index < -0.39 is 0 Å². The van der Waals surface area contributed by atoms with Crippen molar-refractivity contribution in [2.24, 2.45) is 5.92 Å². The number of rotatable bonds is 2. The van der Waals surface area contributed by atoms with Crippen LogP contribution in [0.1, 0.15) is 28.8 Å². The van der Waals surface area contributed by atoms with Gasteiger partial charge in [-0.05, 0) is 37.3 Å². The lowest BCUT2D eigenvalue weighted by Crippen LogP contribution is -2.38. The van der Waals surface area contributed by atoms with Gasteiger partial charge in [0.1, 0.15) is 0 Å². The summed E-state index contributed by atoms with van der Waals surface area (Å²) in [6.07, 6.45) is 5.62.